The Balaban J connectivity index is 2.42. The number of hydrogen-bond donors (Lipinski definition) is 1. The molecule has 1 aromatic carbocycles. The molecule has 0 bridgehead atoms. The highest BCUT2D eigenvalue weighted by molar-refractivity contribution is 5.40. The Bertz CT molecular complexity index is 472. The highest BCUT2D eigenvalue weighted by Crippen LogP contribution is 2.16. The zero-order valence-electron chi connectivity index (χ0n) is 9.72. The first-order chi connectivity index (χ1) is 7.72. The predicted octanol–water partition coefficient (Wildman–Crippen LogP) is 2.45. The number of aromatic nitrogens is 2. The summed E-state index contributed by atoms with van der Waals surface area (Å²) < 4.78 is 1.90. The lowest BCUT2D eigenvalue weighted by Gasteiger charge is -2.07. The van der Waals surface area contributed by atoms with Gasteiger partial charge in [0.1, 0.15) is 0 Å². The van der Waals surface area contributed by atoms with Gasteiger partial charge in [-0.2, -0.15) is 5.10 Å². The number of nitrogens with zero attached hydrogens (tertiary/aromatic N) is 2. The Morgan fingerprint density at radius 1 is 1.25 bits per heavy atom. The van der Waals surface area contributed by atoms with E-state index in [0.29, 0.717) is 12.5 Å². The fourth-order valence-electron chi connectivity index (χ4n) is 1.69. The van der Waals surface area contributed by atoms with Gasteiger partial charge in [0, 0.05) is 12.7 Å². The molecule has 16 heavy (non-hydrogen) atoms. The van der Waals surface area contributed by atoms with Crippen molar-refractivity contribution in [1.29, 1.82) is 0 Å². The summed E-state index contributed by atoms with van der Waals surface area (Å²) in [6.45, 7) is 4.82. The molecule has 2 rings (SSSR count). The van der Waals surface area contributed by atoms with E-state index in [-0.39, 0.29) is 0 Å². The molecule has 1 aromatic heterocycles. The van der Waals surface area contributed by atoms with Gasteiger partial charge >= 0.3 is 0 Å². The Labute approximate surface area is 95.9 Å². The van der Waals surface area contributed by atoms with Crippen LogP contribution in [0.2, 0.25) is 0 Å². The van der Waals surface area contributed by atoms with Gasteiger partial charge in [0.15, 0.2) is 0 Å². The van der Waals surface area contributed by atoms with Gasteiger partial charge in [0.05, 0.1) is 11.4 Å². The van der Waals surface area contributed by atoms with Crippen molar-refractivity contribution in [3.05, 3.63) is 47.8 Å². The fraction of sp³-hybridized carbons (Fsp3) is 0.308. The van der Waals surface area contributed by atoms with Crippen LogP contribution in [0.4, 0.5) is 0 Å². The first-order valence-electron chi connectivity index (χ1n) is 5.56. The fourth-order valence-corrected chi connectivity index (χ4v) is 1.69. The van der Waals surface area contributed by atoms with E-state index in [2.05, 4.69) is 25.0 Å². The summed E-state index contributed by atoms with van der Waals surface area (Å²) in [6, 6.07) is 10.1. The Morgan fingerprint density at radius 3 is 2.62 bits per heavy atom. The second kappa shape index (κ2) is 4.49. The van der Waals surface area contributed by atoms with Gasteiger partial charge in [-0.05, 0) is 23.6 Å². The first kappa shape index (κ1) is 10.9. The van der Waals surface area contributed by atoms with E-state index in [4.69, 9.17) is 5.73 Å². The Morgan fingerprint density at radius 2 is 2.00 bits per heavy atom. The van der Waals surface area contributed by atoms with Crippen molar-refractivity contribution in [3.63, 3.8) is 0 Å². The first-order valence-corrected chi connectivity index (χ1v) is 5.56. The van der Waals surface area contributed by atoms with Crippen LogP contribution in [-0.2, 0) is 6.54 Å². The molecule has 3 nitrogen and oxygen atoms in total. The molecule has 2 aromatic rings. The lowest BCUT2D eigenvalue weighted by molar-refractivity contribution is 0.763. The van der Waals surface area contributed by atoms with Crippen molar-refractivity contribution in [2.24, 2.45) is 5.73 Å². The standard InChI is InChI=1S/C13H17N3/c1-10(2)12-7-8-16(15-12)13-6-4-3-5-11(13)9-14/h3-8,10H,9,14H2,1-2H3. The van der Waals surface area contributed by atoms with Crippen LogP contribution in [0, 0.1) is 0 Å². The minimum Gasteiger partial charge on any atom is -0.326 e. The molecule has 0 radical (unpaired) electrons. The van der Waals surface area contributed by atoms with Crippen LogP contribution in [0.15, 0.2) is 36.5 Å². The van der Waals surface area contributed by atoms with Crippen LogP contribution in [0.3, 0.4) is 0 Å². The van der Waals surface area contributed by atoms with Crippen molar-refractivity contribution in [3.8, 4) is 5.69 Å². The van der Waals surface area contributed by atoms with E-state index in [1.54, 1.807) is 0 Å². The summed E-state index contributed by atoms with van der Waals surface area (Å²) in [5, 5.41) is 4.55. The molecule has 0 amide bonds. The second-order valence-electron chi connectivity index (χ2n) is 4.17. The lowest BCUT2D eigenvalue weighted by Crippen LogP contribution is -2.05. The van der Waals surface area contributed by atoms with Crippen molar-refractivity contribution < 1.29 is 0 Å². The summed E-state index contributed by atoms with van der Waals surface area (Å²) in [6.07, 6.45) is 1.99. The third-order valence-corrected chi connectivity index (χ3v) is 2.66. The zero-order valence-corrected chi connectivity index (χ0v) is 9.72. The van der Waals surface area contributed by atoms with Crippen LogP contribution in [0.1, 0.15) is 31.0 Å². The molecule has 0 aliphatic rings. The maximum atomic E-state index is 5.71. The topological polar surface area (TPSA) is 43.8 Å². The van der Waals surface area contributed by atoms with Crippen LogP contribution >= 0.6 is 0 Å². The van der Waals surface area contributed by atoms with Crippen LogP contribution in [0.5, 0.6) is 0 Å². The summed E-state index contributed by atoms with van der Waals surface area (Å²) in [5.74, 6) is 0.450. The monoisotopic (exact) mass is 215 g/mol. The largest absolute Gasteiger partial charge is 0.326 e. The molecular weight excluding hydrogens is 198 g/mol. The average molecular weight is 215 g/mol. The maximum Gasteiger partial charge on any atom is 0.0690 e. The number of rotatable bonds is 3. The molecule has 0 aliphatic carbocycles. The van der Waals surface area contributed by atoms with Gasteiger partial charge in [0.25, 0.3) is 0 Å². The second-order valence-corrected chi connectivity index (χ2v) is 4.17. The number of benzene rings is 1. The van der Waals surface area contributed by atoms with E-state index in [1.165, 1.54) is 0 Å². The van der Waals surface area contributed by atoms with Gasteiger partial charge in [-0.1, -0.05) is 32.0 Å². The highest BCUT2D eigenvalue weighted by atomic mass is 15.3. The van der Waals surface area contributed by atoms with Crippen molar-refractivity contribution in [2.75, 3.05) is 0 Å². The van der Waals surface area contributed by atoms with Gasteiger partial charge < -0.3 is 5.73 Å². The summed E-state index contributed by atoms with van der Waals surface area (Å²) >= 11 is 0. The molecule has 0 saturated heterocycles. The molecule has 2 N–H and O–H groups in total. The molecule has 0 fully saturated rings. The van der Waals surface area contributed by atoms with Gasteiger partial charge in [-0.3, -0.25) is 0 Å². The molecule has 0 atom stereocenters. The normalized spacial score (nSPS) is 11.0. The van der Waals surface area contributed by atoms with Gasteiger partial charge in [0.2, 0.25) is 0 Å². The minimum atomic E-state index is 0.450. The highest BCUT2D eigenvalue weighted by Gasteiger charge is 2.06. The third kappa shape index (κ3) is 1.99. The smallest absolute Gasteiger partial charge is 0.0690 e. The molecule has 84 valence electrons. The Kier molecular flexibility index (Phi) is 3.06. The van der Waals surface area contributed by atoms with Crippen LogP contribution in [-0.4, -0.2) is 9.78 Å². The minimum absolute atomic E-state index is 0.450. The summed E-state index contributed by atoms with van der Waals surface area (Å²) in [5.41, 5.74) is 9.00. The zero-order chi connectivity index (χ0) is 11.5. The molecular formula is C13H17N3. The van der Waals surface area contributed by atoms with Crippen molar-refractivity contribution in [2.45, 2.75) is 26.3 Å². The lowest BCUT2D eigenvalue weighted by atomic mass is 10.1. The van der Waals surface area contributed by atoms with Crippen LogP contribution < -0.4 is 5.73 Å². The molecule has 3 heteroatoms. The number of hydrogen-bond acceptors (Lipinski definition) is 2. The SMILES string of the molecule is CC(C)c1ccn(-c2ccccc2CN)n1. The number of nitrogens with two attached hydrogens (primary N) is 1. The van der Waals surface area contributed by atoms with E-state index < -0.39 is 0 Å². The van der Waals surface area contributed by atoms with E-state index in [0.717, 1.165) is 16.9 Å². The summed E-state index contributed by atoms with van der Waals surface area (Å²) in [4.78, 5) is 0. The van der Waals surface area contributed by atoms with E-state index in [9.17, 15) is 0 Å². The predicted molar refractivity (Wildman–Crippen MR) is 65.5 cm³/mol. The van der Waals surface area contributed by atoms with Crippen LogP contribution in [0.25, 0.3) is 5.69 Å². The summed E-state index contributed by atoms with van der Waals surface area (Å²) in [7, 11) is 0. The quantitative estimate of drug-likeness (QED) is 0.854. The number of para-hydroxylation sites is 1. The third-order valence-electron chi connectivity index (χ3n) is 2.66. The van der Waals surface area contributed by atoms with E-state index >= 15 is 0 Å². The Hall–Kier alpha value is -1.61. The van der Waals surface area contributed by atoms with Gasteiger partial charge in [-0.15, -0.1) is 0 Å². The molecule has 0 spiro atoms. The molecule has 0 unspecified atom stereocenters. The van der Waals surface area contributed by atoms with Crippen molar-refractivity contribution >= 4 is 0 Å². The van der Waals surface area contributed by atoms with E-state index in [1.807, 2.05) is 35.1 Å². The molecule has 0 saturated carbocycles. The molecule has 1 heterocycles. The maximum absolute atomic E-state index is 5.71. The average Bonchev–Trinajstić information content (AvgIpc) is 2.78. The van der Waals surface area contributed by atoms with Crippen molar-refractivity contribution in [1.82, 2.24) is 9.78 Å². The molecule has 0 aliphatic heterocycles. The van der Waals surface area contributed by atoms with Gasteiger partial charge in [-0.25, -0.2) is 4.68 Å².